The van der Waals surface area contributed by atoms with Gasteiger partial charge in [-0.25, -0.2) is 8.42 Å². The predicted octanol–water partition coefficient (Wildman–Crippen LogP) is 3.17. The molecule has 0 N–H and O–H groups in total. The van der Waals surface area contributed by atoms with Gasteiger partial charge in [-0.05, 0) is 43.4 Å². The lowest BCUT2D eigenvalue weighted by atomic mass is 10.1. The summed E-state index contributed by atoms with van der Waals surface area (Å²) < 4.78 is 23.7. The zero-order chi connectivity index (χ0) is 15.1. The zero-order valence-electron chi connectivity index (χ0n) is 11.2. The minimum Gasteiger partial charge on any atom is -0.341 e. The molecule has 1 fully saturated rings. The van der Waals surface area contributed by atoms with E-state index in [0.29, 0.717) is 28.1 Å². The van der Waals surface area contributed by atoms with Gasteiger partial charge in [0, 0.05) is 34.3 Å². The molecule has 0 heterocycles. The molecule has 1 saturated carbocycles. The second-order valence-electron chi connectivity index (χ2n) is 5.15. The maximum atomic E-state index is 12.3. The summed E-state index contributed by atoms with van der Waals surface area (Å²) in [5, 5.41) is 0. The summed E-state index contributed by atoms with van der Waals surface area (Å²) in [6.07, 6.45) is 2.30. The van der Waals surface area contributed by atoms with Crippen LogP contribution in [0.2, 0.25) is 0 Å². The number of carbonyl (C=O) groups is 1. The first kappa shape index (κ1) is 15.8. The molecule has 0 atom stereocenters. The Morgan fingerprint density at radius 3 is 2.55 bits per heavy atom. The second kappa shape index (κ2) is 5.66. The lowest BCUT2D eigenvalue weighted by Gasteiger charge is -2.18. The van der Waals surface area contributed by atoms with E-state index in [2.05, 4.69) is 15.9 Å². The Morgan fingerprint density at radius 2 is 2.05 bits per heavy atom. The highest BCUT2D eigenvalue weighted by molar-refractivity contribution is 9.10. The number of benzene rings is 1. The van der Waals surface area contributed by atoms with Crippen LogP contribution in [0, 0.1) is 12.8 Å². The third-order valence-electron chi connectivity index (χ3n) is 3.38. The molecular formula is C13H15BrClNO3S. The third-order valence-corrected chi connectivity index (χ3v) is 5.65. The van der Waals surface area contributed by atoms with Crippen molar-refractivity contribution in [1.82, 2.24) is 4.90 Å². The molecule has 1 aliphatic carbocycles. The van der Waals surface area contributed by atoms with Crippen LogP contribution in [0.3, 0.4) is 0 Å². The molecule has 1 aromatic rings. The standard InChI is InChI=1S/C13H15BrClNO3S/c1-8-11(14)5-10(6-12(8)20(15,18)19)13(17)16(2)7-9-3-4-9/h5-6,9H,3-4,7H2,1-2H3. The fourth-order valence-electron chi connectivity index (χ4n) is 2.02. The molecule has 1 aromatic carbocycles. The molecule has 4 nitrogen and oxygen atoms in total. The minimum atomic E-state index is -3.88. The Labute approximate surface area is 131 Å². The van der Waals surface area contributed by atoms with Crippen molar-refractivity contribution in [2.75, 3.05) is 13.6 Å². The largest absolute Gasteiger partial charge is 0.341 e. The van der Waals surface area contributed by atoms with Crippen LogP contribution in [0.5, 0.6) is 0 Å². The Balaban J connectivity index is 2.36. The van der Waals surface area contributed by atoms with E-state index in [-0.39, 0.29) is 10.8 Å². The van der Waals surface area contributed by atoms with Crippen molar-refractivity contribution in [3.63, 3.8) is 0 Å². The Morgan fingerprint density at radius 1 is 1.45 bits per heavy atom. The summed E-state index contributed by atoms with van der Waals surface area (Å²) in [6, 6.07) is 2.97. The molecule has 2 rings (SSSR count). The van der Waals surface area contributed by atoms with E-state index in [9.17, 15) is 13.2 Å². The monoisotopic (exact) mass is 379 g/mol. The van der Waals surface area contributed by atoms with E-state index in [1.54, 1.807) is 24.9 Å². The number of hydrogen-bond acceptors (Lipinski definition) is 3. The maximum Gasteiger partial charge on any atom is 0.261 e. The number of halogens is 2. The first-order valence-electron chi connectivity index (χ1n) is 6.20. The van der Waals surface area contributed by atoms with Gasteiger partial charge in [-0.3, -0.25) is 4.79 Å². The van der Waals surface area contributed by atoms with Crippen LogP contribution in [0.25, 0.3) is 0 Å². The molecule has 0 radical (unpaired) electrons. The zero-order valence-corrected chi connectivity index (χ0v) is 14.3. The summed E-state index contributed by atoms with van der Waals surface area (Å²) >= 11 is 3.28. The van der Waals surface area contributed by atoms with Gasteiger partial charge in [0.1, 0.15) is 0 Å². The topological polar surface area (TPSA) is 54.5 Å². The quantitative estimate of drug-likeness (QED) is 0.754. The van der Waals surface area contributed by atoms with Crippen molar-refractivity contribution in [2.24, 2.45) is 5.92 Å². The Hall–Kier alpha value is -0.590. The lowest BCUT2D eigenvalue weighted by Crippen LogP contribution is -2.29. The van der Waals surface area contributed by atoms with Crippen LogP contribution in [-0.2, 0) is 9.05 Å². The molecule has 1 amide bonds. The first-order chi connectivity index (χ1) is 9.20. The average molecular weight is 381 g/mol. The van der Waals surface area contributed by atoms with Gasteiger partial charge >= 0.3 is 0 Å². The molecule has 1 aliphatic rings. The van der Waals surface area contributed by atoms with Crippen molar-refractivity contribution >= 4 is 41.6 Å². The highest BCUT2D eigenvalue weighted by Gasteiger charge is 2.26. The summed E-state index contributed by atoms with van der Waals surface area (Å²) in [6.45, 7) is 2.34. The van der Waals surface area contributed by atoms with Gasteiger partial charge in [-0.15, -0.1) is 0 Å². The number of carbonyl (C=O) groups excluding carboxylic acids is 1. The van der Waals surface area contributed by atoms with Crippen LogP contribution < -0.4 is 0 Å². The van der Waals surface area contributed by atoms with Gasteiger partial charge in [0.15, 0.2) is 0 Å². The molecule has 7 heteroatoms. The molecule has 0 aromatic heterocycles. The van der Waals surface area contributed by atoms with E-state index >= 15 is 0 Å². The van der Waals surface area contributed by atoms with Crippen molar-refractivity contribution in [3.8, 4) is 0 Å². The van der Waals surface area contributed by atoms with Crippen molar-refractivity contribution in [1.29, 1.82) is 0 Å². The van der Waals surface area contributed by atoms with Gasteiger partial charge < -0.3 is 4.90 Å². The minimum absolute atomic E-state index is 0.0308. The highest BCUT2D eigenvalue weighted by Crippen LogP contribution is 2.31. The number of nitrogens with zero attached hydrogens (tertiary/aromatic N) is 1. The smallest absolute Gasteiger partial charge is 0.261 e. The van der Waals surface area contributed by atoms with Gasteiger partial charge in [0.05, 0.1) is 4.90 Å². The van der Waals surface area contributed by atoms with Crippen LogP contribution >= 0.6 is 26.6 Å². The second-order valence-corrected chi connectivity index (χ2v) is 8.54. The van der Waals surface area contributed by atoms with Crippen LogP contribution in [0.15, 0.2) is 21.5 Å². The predicted molar refractivity (Wildman–Crippen MR) is 81.6 cm³/mol. The summed E-state index contributed by atoms with van der Waals surface area (Å²) in [5.41, 5.74) is 0.825. The first-order valence-corrected chi connectivity index (χ1v) is 9.30. The SMILES string of the molecule is Cc1c(Br)cc(C(=O)N(C)CC2CC2)cc1S(=O)(=O)Cl. The number of hydrogen-bond donors (Lipinski definition) is 0. The van der Waals surface area contributed by atoms with E-state index < -0.39 is 9.05 Å². The third kappa shape index (κ3) is 3.54. The lowest BCUT2D eigenvalue weighted by molar-refractivity contribution is 0.0788. The summed E-state index contributed by atoms with van der Waals surface area (Å²) in [4.78, 5) is 13.9. The van der Waals surface area contributed by atoms with E-state index in [4.69, 9.17) is 10.7 Å². The molecule has 110 valence electrons. The molecule has 0 saturated heterocycles. The highest BCUT2D eigenvalue weighted by atomic mass is 79.9. The van der Waals surface area contributed by atoms with Crippen molar-refractivity contribution in [2.45, 2.75) is 24.7 Å². The molecular weight excluding hydrogens is 366 g/mol. The molecule has 0 aliphatic heterocycles. The Kier molecular flexibility index (Phi) is 4.47. The van der Waals surface area contributed by atoms with Gasteiger partial charge in [-0.2, -0.15) is 0 Å². The summed E-state index contributed by atoms with van der Waals surface area (Å²) in [5.74, 6) is 0.383. The van der Waals surface area contributed by atoms with Crippen LogP contribution in [0.1, 0.15) is 28.8 Å². The fourth-order valence-corrected chi connectivity index (χ4v) is 3.84. The molecule has 0 unspecified atom stereocenters. The van der Waals surface area contributed by atoms with Gasteiger partial charge in [-0.1, -0.05) is 15.9 Å². The van der Waals surface area contributed by atoms with Crippen molar-refractivity contribution < 1.29 is 13.2 Å². The normalized spacial score (nSPS) is 15.2. The fraction of sp³-hybridized carbons (Fsp3) is 0.462. The Bertz CT molecular complexity index is 656. The van der Waals surface area contributed by atoms with Crippen LogP contribution in [-0.4, -0.2) is 32.8 Å². The van der Waals surface area contributed by atoms with E-state index in [1.807, 2.05) is 0 Å². The molecule has 0 spiro atoms. The number of rotatable bonds is 4. The molecule has 20 heavy (non-hydrogen) atoms. The van der Waals surface area contributed by atoms with E-state index in [1.165, 1.54) is 6.07 Å². The average Bonchev–Trinajstić information content (AvgIpc) is 3.13. The van der Waals surface area contributed by atoms with E-state index in [0.717, 1.165) is 12.8 Å². The number of amides is 1. The summed E-state index contributed by atoms with van der Waals surface area (Å²) in [7, 11) is 3.26. The maximum absolute atomic E-state index is 12.3. The molecule has 0 bridgehead atoms. The van der Waals surface area contributed by atoms with Gasteiger partial charge in [0.2, 0.25) is 0 Å². The van der Waals surface area contributed by atoms with Crippen molar-refractivity contribution in [3.05, 3.63) is 27.7 Å². The van der Waals surface area contributed by atoms with Crippen LogP contribution in [0.4, 0.5) is 0 Å². The van der Waals surface area contributed by atoms with Gasteiger partial charge in [0.25, 0.3) is 15.0 Å².